The molecule has 0 aliphatic carbocycles. The second-order valence-electron chi connectivity index (χ2n) is 7.55. The van der Waals surface area contributed by atoms with Crippen LogP contribution in [-0.4, -0.2) is 23.7 Å². The second-order valence-corrected chi connectivity index (χ2v) is 7.55. The van der Waals surface area contributed by atoms with Crippen molar-refractivity contribution in [2.45, 2.75) is 129 Å². The molecule has 0 heterocycles. The van der Waals surface area contributed by atoms with Crippen LogP contribution < -0.4 is 5.32 Å². The number of aliphatic hydroxyl groups excluding tert-OH is 1. The highest BCUT2D eigenvalue weighted by molar-refractivity contribution is 5.80. The maximum absolute atomic E-state index is 11.7. The van der Waals surface area contributed by atoms with Gasteiger partial charge in [-0.3, -0.25) is 4.79 Å². The number of hydrogen-bond donors (Lipinski definition) is 2. The lowest BCUT2D eigenvalue weighted by Crippen LogP contribution is -2.35. The molecule has 0 radical (unpaired) electrons. The van der Waals surface area contributed by atoms with Crippen molar-refractivity contribution in [1.29, 1.82) is 0 Å². The van der Waals surface area contributed by atoms with Crippen molar-refractivity contribution >= 4 is 5.91 Å². The van der Waals surface area contributed by atoms with Gasteiger partial charge in [-0.25, -0.2) is 0 Å². The Labute approximate surface area is 157 Å². The lowest BCUT2D eigenvalue weighted by molar-refractivity contribution is -0.129. The summed E-state index contributed by atoms with van der Waals surface area (Å²) in [5, 5.41) is 12.7. The van der Waals surface area contributed by atoms with Crippen LogP contribution in [-0.2, 0) is 4.79 Å². The minimum atomic E-state index is -0.811. The Morgan fingerprint density at radius 2 is 1.08 bits per heavy atom. The van der Waals surface area contributed by atoms with Gasteiger partial charge >= 0.3 is 0 Å². The summed E-state index contributed by atoms with van der Waals surface area (Å²) in [5.41, 5.74) is 0. The average molecular weight is 356 g/mol. The first-order chi connectivity index (χ1) is 12.2. The molecule has 0 fully saturated rings. The molecule has 0 spiro atoms. The molecule has 3 heteroatoms. The van der Waals surface area contributed by atoms with Crippen molar-refractivity contribution in [3.05, 3.63) is 0 Å². The topological polar surface area (TPSA) is 49.3 Å². The minimum absolute atomic E-state index is 0.181. The number of nitrogens with one attached hydrogen (secondary N) is 1. The maximum atomic E-state index is 11.7. The van der Waals surface area contributed by atoms with Gasteiger partial charge in [0, 0.05) is 6.54 Å². The van der Waals surface area contributed by atoms with E-state index >= 15 is 0 Å². The molecule has 0 aliphatic rings. The second kappa shape index (κ2) is 19.8. The van der Waals surface area contributed by atoms with E-state index in [-0.39, 0.29) is 5.91 Å². The van der Waals surface area contributed by atoms with E-state index in [0.29, 0.717) is 13.0 Å². The van der Waals surface area contributed by atoms with Crippen LogP contribution in [0.15, 0.2) is 0 Å². The van der Waals surface area contributed by atoms with Gasteiger partial charge in [0.05, 0.1) is 0 Å². The van der Waals surface area contributed by atoms with E-state index in [2.05, 4.69) is 19.2 Å². The van der Waals surface area contributed by atoms with Crippen molar-refractivity contribution in [2.75, 3.05) is 6.54 Å². The fourth-order valence-corrected chi connectivity index (χ4v) is 3.19. The van der Waals surface area contributed by atoms with Crippen molar-refractivity contribution < 1.29 is 9.90 Å². The third-order valence-corrected chi connectivity index (χ3v) is 4.96. The van der Waals surface area contributed by atoms with Gasteiger partial charge in [0.25, 0.3) is 0 Å². The largest absolute Gasteiger partial charge is 0.383 e. The summed E-state index contributed by atoms with van der Waals surface area (Å²) in [7, 11) is 0. The zero-order valence-corrected chi connectivity index (χ0v) is 17.2. The van der Waals surface area contributed by atoms with Gasteiger partial charge in [-0.2, -0.15) is 0 Å². The highest BCUT2D eigenvalue weighted by atomic mass is 16.3. The van der Waals surface area contributed by atoms with E-state index in [0.717, 1.165) is 25.7 Å². The highest BCUT2D eigenvalue weighted by Gasteiger charge is 2.13. The van der Waals surface area contributed by atoms with Crippen LogP contribution in [0.2, 0.25) is 0 Å². The molecule has 1 amide bonds. The highest BCUT2D eigenvalue weighted by Crippen LogP contribution is 2.13. The van der Waals surface area contributed by atoms with E-state index in [1.165, 1.54) is 77.0 Å². The number of hydrogen-bond acceptors (Lipinski definition) is 2. The first kappa shape index (κ1) is 24.4. The maximum Gasteiger partial charge on any atom is 0.248 e. The lowest BCUT2D eigenvalue weighted by Gasteiger charge is -2.11. The molecule has 0 saturated heterocycles. The molecular weight excluding hydrogens is 310 g/mol. The van der Waals surface area contributed by atoms with Gasteiger partial charge in [-0.05, 0) is 12.8 Å². The van der Waals surface area contributed by atoms with E-state index in [4.69, 9.17) is 0 Å². The van der Waals surface area contributed by atoms with Crippen LogP contribution in [0.4, 0.5) is 0 Å². The molecule has 0 saturated carbocycles. The summed E-state index contributed by atoms with van der Waals surface area (Å²) >= 11 is 0. The Kier molecular flexibility index (Phi) is 19.3. The van der Waals surface area contributed by atoms with Crippen molar-refractivity contribution in [3.63, 3.8) is 0 Å². The van der Waals surface area contributed by atoms with Crippen LogP contribution >= 0.6 is 0 Å². The zero-order chi connectivity index (χ0) is 18.6. The quantitative estimate of drug-likeness (QED) is 0.274. The molecule has 0 aromatic carbocycles. The summed E-state index contributed by atoms with van der Waals surface area (Å²) in [4.78, 5) is 11.7. The first-order valence-electron chi connectivity index (χ1n) is 11.2. The van der Waals surface area contributed by atoms with Gasteiger partial charge in [0.15, 0.2) is 0 Å². The fraction of sp³-hybridized carbons (Fsp3) is 0.955. The van der Waals surface area contributed by atoms with Crippen molar-refractivity contribution in [1.82, 2.24) is 5.32 Å². The van der Waals surface area contributed by atoms with Gasteiger partial charge in [0.1, 0.15) is 6.10 Å². The molecule has 1 unspecified atom stereocenters. The summed E-state index contributed by atoms with van der Waals surface area (Å²) in [5.74, 6) is -0.181. The molecular formula is C22H45NO2. The number of rotatable bonds is 19. The number of carbonyl (C=O) groups excluding carboxylic acids is 1. The molecule has 0 rings (SSSR count). The zero-order valence-electron chi connectivity index (χ0n) is 17.2. The van der Waals surface area contributed by atoms with Crippen LogP contribution in [0.3, 0.4) is 0 Å². The summed E-state index contributed by atoms with van der Waals surface area (Å²) in [6, 6.07) is 0. The van der Waals surface area contributed by atoms with Crippen LogP contribution in [0.5, 0.6) is 0 Å². The lowest BCUT2D eigenvalue weighted by atomic mass is 10.0. The van der Waals surface area contributed by atoms with E-state index in [9.17, 15) is 9.90 Å². The van der Waals surface area contributed by atoms with Crippen LogP contribution in [0.1, 0.15) is 123 Å². The SMILES string of the molecule is CCCCCCCCCCCCCCC(O)C(=O)NCCCCCC. The summed E-state index contributed by atoms with van der Waals surface area (Å²) in [6.07, 6.45) is 20.1. The van der Waals surface area contributed by atoms with E-state index in [1.54, 1.807) is 0 Å². The fourth-order valence-electron chi connectivity index (χ4n) is 3.19. The Morgan fingerprint density at radius 1 is 0.680 bits per heavy atom. The predicted octanol–water partition coefficient (Wildman–Crippen LogP) is 6.14. The molecule has 0 aliphatic heterocycles. The molecule has 3 nitrogen and oxygen atoms in total. The predicted molar refractivity (Wildman–Crippen MR) is 109 cm³/mol. The Morgan fingerprint density at radius 3 is 1.56 bits per heavy atom. The minimum Gasteiger partial charge on any atom is -0.383 e. The normalized spacial score (nSPS) is 12.3. The Balaban J connectivity index is 3.28. The third kappa shape index (κ3) is 18.0. The average Bonchev–Trinajstić information content (AvgIpc) is 2.62. The molecule has 25 heavy (non-hydrogen) atoms. The Bertz CT molecular complexity index is 281. The molecule has 0 bridgehead atoms. The molecule has 2 N–H and O–H groups in total. The number of aliphatic hydroxyl groups is 1. The van der Waals surface area contributed by atoms with E-state index in [1.807, 2.05) is 0 Å². The van der Waals surface area contributed by atoms with Crippen molar-refractivity contribution in [2.24, 2.45) is 0 Å². The molecule has 0 aromatic rings. The van der Waals surface area contributed by atoms with Gasteiger partial charge in [0.2, 0.25) is 5.91 Å². The molecule has 150 valence electrons. The summed E-state index contributed by atoms with van der Waals surface area (Å²) in [6.45, 7) is 5.14. The van der Waals surface area contributed by atoms with Crippen LogP contribution in [0.25, 0.3) is 0 Å². The smallest absolute Gasteiger partial charge is 0.248 e. The van der Waals surface area contributed by atoms with Gasteiger partial charge in [-0.15, -0.1) is 0 Å². The number of carbonyl (C=O) groups is 1. The van der Waals surface area contributed by atoms with Gasteiger partial charge < -0.3 is 10.4 Å². The van der Waals surface area contributed by atoms with Crippen molar-refractivity contribution in [3.8, 4) is 0 Å². The van der Waals surface area contributed by atoms with Gasteiger partial charge in [-0.1, -0.05) is 110 Å². The first-order valence-corrected chi connectivity index (χ1v) is 11.2. The number of unbranched alkanes of at least 4 members (excludes halogenated alkanes) is 14. The Hall–Kier alpha value is -0.570. The number of amides is 1. The molecule has 1 atom stereocenters. The van der Waals surface area contributed by atoms with E-state index < -0.39 is 6.10 Å². The molecule has 0 aromatic heterocycles. The standard InChI is InChI=1S/C22H45NO2/c1-3-5-7-9-10-11-12-13-14-15-16-17-19-21(24)22(25)23-20-18-8-6-4-2/h21,24H,3-20H2,1-2H3,(H,23,25). The third-order valence-electron chi connectivity index (χ3n) is 4.96. The summed E-state index contributed by atoms with van der Waals surface area (Å²) < 4.78 is 0. The van der Waals surface area contributed by atoms with Crippen LogP contribution in [0, 0.1) is 0 Å². The monoisotopic (exact) mass is 355 g/mol.